The third-order valence-corrected chi connectivity index (χ3v) is 2.84. The zero-order valence-corrected chi connectivity index (χ0v) is 12.8. The van der Waals surface area contributed by atoms with Gasteiger partial charge in [-0.25, -0.2) is 4.79 Å². The van der Waals surface area contributed by atoms with Crippen molar-refractivity contribution in [3.05, 3.63) is 0 Å². The predicted octanol–water partition coefficient (Wildman–Crippen LogP) is 0.886. The largest absolute Gasteiger partial charge is 0.481 e. The Morgan fingerprint density at radius 2 is 1.55 bits per heavy atom. The van der Waals surface area contributed by atoms with E-state index >= 15 is 0 Å². The van der Waals surface area contributed by atoms with Crippen molar-refractivity contribution in [2.45, 2.75) is 26.3 Å². The van der Waals surface area contributed by atoms with E-state index < -0.39 is 5.97 Å². The average Bonchev–Trinajstić information content (AvgIpc) is 2.38. The Hall–Kier alpha value is -1.34. The normalized spacial score (nSPS) is 10.7. The van der Waals surface area contributed by atoms with Crippen molar-refractivity contribution < 1.29 is 24.2 Å². The summed E-state index contributed by atoms with van der Waals surface area (Å²) in [5.74, 6) is -0.913. The van der Waals surface area contributed by atoms with E-state index in [1.54, 1.807) is 24.0 Å². The highest BCUT2D eigenvalue weighted by atomic mass is 16.5. The molecule has 0 rings (SSSR count). The highest BCUT2D eigenvalue weighted by molar-refractivity contribution is 5.75. The number of hydrogen-bond acceptors (Lipinski definition) is 4. The molecule has 0 aliphatic carbocycles. The first-order valence-corrected chi connectivity index (χ1v) is 6.69. The lowest BCUT2D eigenvalue weighted by atomic mass is 10.3. The van der Waals surface area contributed by atoms with Crippen molar-refractivity contribution in [3.8, 4) is 0 Å². The third-order valence-electron chi connectivity index (χ3n) is 2.84. The zero-order chi connectivity index (χ0) is 15.5. The van der Waals surface area contributed by atoms with Crippen LogP contribution in [-0.2, 0) is 14.3 Å². The SMILES string of the molecule is COCCN(CCOC)C(=O)N(CCC(=O)O)C(C)C. The second-order valence-corrected chi connectivity index (χ2v) is 4.69. The maximum atomic E-state index is 12.5. The van der Waals surface area contributed by atoms with Crippen LogP contribution in [0.5, 0.6) is 0 Å². The molecule has 0 radical (unpaired) electrons. The van der Waals surface area contributed by atoms with Crippen LogP contribution >= 0.6 is 0 Å². The van der Waals surface area contributed by atoms with Gasteiger partial charge in [-0.05, 0) is 13.8 Å². The number of nitrogens with zero attached hydrogens (tertiary/aromatic N) is 2. The molecule has 118 valence electrons. The minimum Gasteiger partial charge on any atom is -0.481 e. The van der Waals surface area contributed by atoms with Crippen LogP contribution in [0.2, 0.25) is 0 Å². The summed E-state index contributed by atoms with van der Waals surface area (Å²) in [5.41, 5.74) is 0. The summed E-state index contributed by atoms with van der Waals surface area (Å²) >= 11 is 0. The van der Waals surface area contributed by atoms with Gasteiger partial charge in [0.2, 0.25) is 0 Å². The summed E-state index contributed by atoms with van der Waals surface area (Å²) in [5, 5.41) is 8.76. The van der Waals surface area contributed by atoms with Crippen LogP contribution in [0.15, 0.2) is 0 Å². The fourth-order valence-corrected chi connectivity index (χ4v) is 1.68. The molecule has 0 aromatic carbocycles. The number of carboxylic acid groups (broad SMARTS) is 1. The molecule has 0 saturated carbocycles. The molecule has 0 unspecified atom stereocenters. The van der Waals surface area contributed by atoms with Crippen LogP contribution in [0, 0.1) is 0 Å². The summed E-state index contributed by atoms with van der Waals surface area (Å²) in [6.45, 7) is 5.70. The van der Waals surface area contributed by atoms with E-state index in [-0.39, 0.29) is 25.0 Å². The van der Waals surface area contributed by atoms with Crippen molar-refractivity contribution in [1.29, 1.82) is 0 Å². The number of methoxy groups -OCH3 is 2. The highest BCUT2D eigenvalue weighted by Crippen LogP contribution is 2.06. The average molecular weight is 290 g/mol. The molecule has 0 heterocycles. The lowest BCUT2D eigenvalue weighted by Gasteiger charge is -2.33. The number of aliphatic carboxylic acids is 1. The Labute approximate surface area is 120 Å². The summed E-state index contributed by atoms with van der Waals surface area (Å²) < 4.78 is 9.99. The lowest BCUT2D eigenvalue weighted by molar-refractivity contribution is -0.137. The number of carbonyl (C=O) groups excluding carboxylic acids is 1. The van der Waals surface area contributed by atoms with E-state index in [0.717, 1.165) is 0 Å². The zero-order valence-electron chi connectivity index (χ0n) is 12.8. The minimum atomic E-state index is -0.913. The monoisotopic (exact) mass is 290 g/mol. The highest BCUT2D eigenvalue weighted by Gasteiger charge is 2.23. The Bertz CT molecular complexity index is 288. The van der Waals surface area contributed by atoms with Gasteiger partial charge >= 0.3 is 12.0 Å². The molecule has 20 heavy (non-hydrogen) atoms. The van der Waals surface area contributed by atoms with Gasteiger partial charge in [0.05, 0.1) is 19.6 Å². The van der Waals surface area contributed by atoms with Crippen molar-refractivity contribution >= 4 is 12.0 Å². The number of ether oxygens (including phenoxy) is 2. The number of urea groups is 1. The molecular formula is C13H26N2O5. The molecule has 0 aliphatic heterocycles. The molecule has 0 aromatic heterocycles. The summed E-state index contributed by atoms with van der Waals surface area (Å²) in [6, 6.07) is -0.246. The molecule has 2 amide bonds. The van der Waals surface area contributed by atoms with Gasteiger partial charge in [-0.3, -0.25) is 4.79 Å². The van der Waals surface area contributed by atoms with Gasteiger partial charge in [-0.1, -0.05) is 0 Å². The van der Waals surface area contributed by atoms with Gasteiger partial charge in [-0.2, -0.15) is 0 Å². The summed E-state index contributed by atoms with van der Waals surface area (Å²) in [7, 11) is 3.15. The van der Waals surface area contributed by atoms with Gasteiger partial charge < -0.3 is 24.4 Å². The molecule has 0 spiro atoms. The van der Waals surface area contributed by atoms with E-state index in [1.807, 2.05) is 13.8 Å². The van der Waals surface area contributed by atoms with Crippen LogP contribution in [0.4, 0.5) is 4.79 Å². The van der Waals surface area contributed by atoms with Crippen LogP contribution in [-0.4, -0.2) is 80.0 Å². The molecule has 0 bridgehead atoms. The Morgan fingerprint density at radius 3 is 1.90 bits per heavy atom. The van der Waals surface area contributed by atoms with Gasteiger partial charge in [0.1, 0.15) is 0 Å². The van der Waals surface area contributed by atoms with Gasteiger partial charge in [0.25, 0.3) is 0 Å². The van der Waals surface area contributed by atoms with E-state index in [9.17, 15) is 9.59 Å². The number of rotatable bonds is 10. The van der Waals surface area contributed by atoms with Gasteiger partial charge in [-0.15, -0.1) is 0 Å². The quantitative estimate of drug-likeness (QED) is 0.646. The molecule has 0 aliphatic rings. The number of amides is 2. The number of carboxylic acids is 1. The fourth-order valence-electron chi connectivity index (χ4n) is 1.68. The third kappa shape index (κ3) is 7.30. The van der Waals surface area contributed by atoms with E-state index in [2.05, 4.69) is 0 Å². The number of hydrogen-bond donors (Lipinski definition) is 1. The van der Waals surface area contributed by atoms with Crippen molar-refractivity contribution in [2.75, 3.05) is 47.1 Å². The Kier molecular flexibility index (Phi) is 9.75. The molecule has 1 N–H and O–H groups in total. The van der Waals surface area contributed by atoms with Crippen LogP contribution in [0.25, 0.3) is 0 Å². The molecule has 0 atom stereocenters. The maximum Gasteiger partial charge on any atom is 0.320 e. The predicted molar refractivity (Wildman–Crippen MR) is 74.8 cm³/mol. The van der Waals surface area contributed by atoms with E-state index in [4.69, 9.17) is 14.6 Å². The fraction of sp³-hybridized carbons (Fsp3) is 0.846. The summed E-state index contributed by atoms with van der Waals surface area (Å²) in [6.07, 6.45) is -0.0632. The van der Waals surface area contributed by atoms with E-state index in [1.165, 1.54) is 0 Å². The van der Waals surface area contributed by atoms with E-state index in [0.29, 0.717) is 26.3 Å². The lowest BCUT2D eigenvalue weighted by Crippen LogP contribution is -2.49. The van der Waals surface area contributed by atoms with Gasteiger partial charge in [0, 0.05) is 39.9 Å². The smallest absolute Gasteiger partial charge is 0.320 e. The standard InChI is InChI=1S/C13H26N2O5/c1-11(2)15(6-5-12(16)17)13(18)14(7-9-19-3)8-10-20-4/h11H,5-10H2,1-4H3,(H,16,17). The number of carbonyl (C=O) groups is 2. The molecule has 7 nitrogen and oxygen atoms in total. The molecule has 7 heteroatoms. The van der Waals surface area contributed by atoms with Crippen molar-refractivity contribution in [3.63, 3.8) is 0 Å². The van der Waals surface area contributed by atoms with Gasteiger partial charge in [0.15, 0.2) is 0 Å². The molecule has 0 aromatic rings. The topological polar surface area (TPSA) is 79.3 Å². The summed E-state index contributed by atoms with van der Waals surface area (Å²) in [4.78, 5) is 26.3. The Balaban J connectivity index is 4.70. The van der Waals surface area contributed by atoms with Crippen LogP contribution in [0.3, 0.4) is 0 Å². The molecule has 0 fully saturated rings. The first-order chi connectivity index (χ1) is 9.43. The van der Waals surface area contributed by atoms with Crippen molar-refractivity contribution in [2.24, 2.45) is 0 Å². The molecular weight excluding hydrogens is 264 g/mol. The minimum absolute atomic E-state index is 0.0607. The van der Waals surface area contributed by atoms with Crippen molar-refractivity contribution in [1.82, 2.24) is 9.80 Å². The van der Waals surface area contributed by atoms with Crippen LogP contribution < -0.4 is 0 Å². The maximum absolute atomic E-state index is 12.5. The molecule has 0 saturated heterocycles. The second kappa shape index (κ2) is 10.4. The van der Waals surface area contributed by atoms with Crippen LogP contribution in [0.1, 0.15) is 20.3 Å². The second-order valence-electron chi connectivity index (χ2n) is 4.69. The first kappa shape index (κ1) is 18.7. The Morgan fingerprint density at radius 1 is 1.05 bits per heavy atom. The first-order valence-electron chi connectivity index (χ1n) is 6.69.